The zero-order chi connectivity index (χ0) is 14.5. The van der Waals surface area contributed by atoms with Crippen LogP contribution < -0.4 is 10.2 Å². The van der Waals surface area contributed by atoms with Gasteiger partial charge in [0.25, 0.3) is 0 Å². The molecule has 0 aliphatic carbocycles. The van der Waals surface area contributed by atoms with Crippen LogP contribution in [0.1, 0.15) is 26.3 Å². The van der Waals surface area contributed by atoms with Gasteiger partial charge in [-0.15, -0.1) is 0 Å². The summed E-state index contributed by atoms with van der Waals surface area (Å²) >= 11 is 0. The molecule has 0 radical (unpaired) electrons. The molecule has 0 fully saturated rings. The first kappa shape index (κ1) is 15.8. The molecule has 5 heteroatoms. The zero-order valence-corrected chi connectivity index (χ0v) is 11.6. The summed E-state index contributed by atoms with van der Waals surface area (Å²) in [7, 11) is 0. The van der Waals surface area contributed by atoms with Crippen LogP contribution in [0.5, 0.6) is 0 Å². The second kappa shape index (κ2) is 6.80. The Labute approximate surface area is 112 Å². The Balaban J connectivity index is 2.66. The number of nitrogens with one attached hydrogen (secondary N) is 1. The summed E-state index contributed by atoms with van der Waals surface area (Å²) < 4.78 is 37.4. The van der Waals surface area contributed by atoms with Crippen LogP contribution >= 0.6 is 0 Å². The average molecular weight is 274 g/mol. The van der Waals surface area contributed by atoms with E-state index >= 15 is 0 Å². The first-order valence-electron chi connectivity index (χ1n) is 6.50. The molecule has 0 saturated carbocycles. The Hall–Kier alpha value is -1.23. The lowest BCUT2D eigenvalue weighted by molar-refractivity contribution is -0.137. The van der Waals surface area contributed by atoms with Gasteiger partial charge in [0, 0.05) is 31.4 Å². The minimum absolute atomic E-state index is 0.409. The van der Waals surface area contributed by atoms with Crippen molar-refractivity contribution in [1.82, 2.24) is 5.32 Å². The molecule has 0 spiro atoms. The highest BCUT2D eigenvalue weighted by molar-refractivity contribution is 5.48. The minimum atomic E-state index is -4.27. The van der Waals surface area contributed by atoms with E-state index in [1.165, 1.54) is 12.1 Å². The molecule has 1 aromatic carbocycles. The van der Waals surface area contributed by atoms with E-state index in [4.69, 9.17) is 0 Å². The minimum Gasteiger partial charge on any atom is -0.371 e. The summed E-state index contributed by atoms with van der Waals surface area (Å²) in [5.41, 5.74) is 0.216. The molecule has 2 nitrogen and oxygen atoms in total. The Kier molecular flexibility index (Phi) is 5.66. The predicted octanol–water partition coefficient (Wildman–Crippen LogP) is 3.53. The Morgan fingerprint density at radius 3 is 2.16 bits per heavy atom. The van der Waals surface area contributed by atoms with Gasteiger partial charge in [-0.3, -0.25) is 0 Å². The molecule has 0 aromatic heterocycles. The van der Waals surface area contributed by atoms with E-state index in [9.17, 15) is 13.2 Å². The molecular weight excluding hydrogens is 253 g/mol. The van der Waals surface area contributed by atoms with Crippen molar-refractivity contribution in [2.24, 2.45) is 0 Å². The van der Waals surface area contributed by atoms with E-state index in [2.05, 4.69) is 24.1 Å². The number of hydrogen-bond acceptors (Lipinski definition) is 2. The number of hydrogen-bond donors (Lipinski definition) is 1. The van der Waals surface area contributed by atoms with Gasteiger partial charge in [-0.2, -0.15) is 13.2 Å². The SMILES string of the molecule is CCN(CCNC(C)C)c1ccc(C(F)(F)F)cc1. The normalized spacial score (nSPS) is 11.9. The van der Waals surface area contributed by atoms with Crippen LogP contribution in [0, 0.1) is 0 Å². The number of rotatable bonds is 6. The quantitative estimate of drug-likeness (QED) is 0.853. The summed E-state index contributed by atoms with van der Waals surface area (Å²) in [5, 5.41) is 3.29. The number of benzene rings is 1. The van der Waals surface area contributed by atoms with Crippen molar-refractivity contribution in [3.63, 3.8) is 0 Å². The Morgan fingerprint density at radius 2 is 1.74 bits per heavy atom. The van der Waals surface area contributed by atoms with Crippen LogP contribution in [0.2, 0.25) is 0 Å². The summed E-state index contributed by atoms with van der Waals surface area (Å²) in [5.74, 6) is 0. The summed E-state index contributed by atoms with van der Waals surface area (Å²) in [6.07, 6.45) is -4.27. The third-order valence-electron chi connectivity index (χ3n) is 2.88. The van der Waals surface area contributed by atoms with E-state index in [1.807, 2.05) is 6.92 Å². The van der Waals surface area contributed by atoms with Crippen molar-refractivity contribution >= 4 is 5.69 Å². The molecule has 1 rings (SSSR count). The Morgan fingerprint density at radius 1 is 1.16 bits per heavy atom. The standard InChI is InChI=1S/C14H21F3N2/c1-4-19(10-9-18-11(2)3)13-7-5-12(6-8-13)14(15,16)17/h5-8,11,18H,4,9-10H2,1-3H3. The topological polar surface area (TPSA) is 15.3 Å². The molecule has 0 aliphatic rings. The molecular formula is C14H21F3N2. The number of anilines is 1. The van der Waals surface area contributed by atoms with Gasteiger partial charge in [0.15, 0.2) is 0 Å². The van der Waals surface area contributed by atoms with Crippen molar-refractivity contribution < 1.29 is 13.2 Å². The maximum Gasteiger partial charge on any atom is 0.416 e. The van der Waals surface area contributed by atoms with E-state index in [0.717, 1.165) is 37.5 Å². The summed E-state index contributed by atoms with van der Waals surface area (Å²) in [4.78, 5) is 2.05. The molecule has 1 N–H and O–H groups in total. The fourth-order valence-corrected chi connectivity index (χ4v) is 1.82. The smallest absolute Gasteiger partial charge is 0.371 e. The lowest BCUT2D eigenvalue weighted by Gasteiger charge is -2.24. The zero-order valence-electron chi connectivity index (χ0n) is 11.6. The molecule has 0 amide bonds. The summed E-state index contributed by atoms with van der Waals surface area (Å²) in [6.45, 7) is 8.48. The predicted molar refractivity (Wildman–Crippen MR) is 72.5 cm³/mol. The number of alkyl halides is 3. The van der Waals surface area contributed by atoms with Gasteiger partial charge >= 0.3 is 6.18 Å². The van der Waals surface area contributed by atoms with Gasteiger partial charge in [-0.1, -0.05) is 13.8 Å². The van der Waals surface area contributed by atoms with Crippen LogP contribution in [0.25, 0.3) is 0 Å². The fourth-order valence-electron chi connectivity index (χ4n) is 1.82. The van der Waals surface area contributed by atoms with Crippen molar-refractivity contribution in [3.05, 3.63) is 29.8 Å². The van der Waals surface area contributed by atoms with Crippen molar-refractivity contribution in [1.29, 1.82) is 0 Å². The first-order valence-corrected chi connectivity index (χ1v) is 6.50. The molecule has 1 aromatic rings. The highest BCUT2D eigenvalue weighted by Crippen LogP contribution is 2.30. The van der Waals surface area contributed by atoms with Crippen LogP contribution in [0.4, 0.5) is 18.9 Å². The van der Waals surface area contributed by atoms with Crippen LogP contribution in [-0.2, 0) is 6.18 Å². The molecule has 0 heterocycles. The first-order chi connectivity index (χ1) is 8.84. The third-order valence-corrected chi connectivity index (χ3v) is 2.88. The maximum absolute atomic E-state index is 12.5. The molecule has 19 heavy (non-hydrogen) atoms. The van der Waals surface area contributed by atoms with Gasteiger partial charge in [0.05, 0.1) is 5.56 Å². The van der Waals surface area contributed by atoms with E-state index in [1.54, 1.807) is 0 Å². The van der Waals surface area contributed by atoms with Gasteiger partial charge in [-0.25, -0.2) is 0 Å². The number of halogens is 3. The second-order valence-corrected chi connectivity index (χ2v) is 4.73. The molecule has 0 bridgehead atoms. The highest BCUT2D eigenvalue weighted by Gasteiger charge is 2.30. The molecule has 0 aliphatic heterocycles. The van der Waals surface area contributed by atoms with Gasteiger partial charge in [0.2, 0.25) is 0 Å². The molecule has 0 saturated heterocycles. The molecule has 108 valence electrons. The van der Waals surface area contributed by atoms with Crippen molar-refractivity contribution in [2.75, 3.05) is 24.5 Å². The fraction of sp³-hybridized carbons (Fsp3) is 0.571. The van der Waals surface area contributed by atoms with Crippen molar-refractivity contribution in [2.45, 2.75) is 33.0 Å². The van der Waals surface area contributed by atoms with E-state index < -0.39 is 11.7 Å². The second-order valence-electron chi connectivity index (χ2n) is 4.73. The molecule has 0 atom stereocenters. The van der Waals surface area contributed by atoms with Gasteiger partial charge in [0.1, 0.15) is 0 Å². The molecule has 0 unspecified atom stereocenters. The average Bonchev–Trinajstić information content (AvgIpc) is 2.33. The summed E-state index contributed by atoms with van der Waals surface area (Å²) in [6, 6.07) is 5.73. The third kappa shape index (κ3) is 5.11. The van der Waals surface area contributed by atoms with E-state index in [0.29, 0.717) is 6.04 Å². The van der Waals surface area contributed by atoms with Gasteiger partial charge in [-0.05, 0) is 31.2 Å². The van der Waals surface area contributed by atoms with Crippen LogP contribution in [0.3, 0.4) is 0 Å². The lowest BCUT2D eigenvalue weighted by Crippen LogP contribution is -2.34. The largest absolute Gasteiger partial charge is 0.416 e. The van der Waals surface area contributed by atoms with E-state index in [-0.39, 0.29) is 0 Å². The van der Waals surface area contributed by atoms with Crippen LogP contribution in [-0.4, -0.2) is 25.7 Å². The van der Waals surface area contributed by atoms with Crippen LogP contribution in [0.15, 0.2) is 24.3 Å². The lowest BCUT2D eigenvalue weighted by atomic mass is 10.2. The number of nitrogens with zero attached hydrogens (tertiary/aromatic N) is 1. The monoisotopic (exact) mass is 274 g/mol. The highest BCUT2D eigenvalue weighted by atomic mass is 19.4. The Bertz CT molecular complexity index is 371. The number of likely N-dealkylation sites (N-methyl/N-ethyl adjacent to an activating group) is 1. The van der Waals surface area contributed by atoms with Gasteiger partial charge < -0.3 is 10.2 Å². The maximum atomic E-state index is 12.5. The van der Waals surface area contributed by atoms with Crippen molar-refractivity contribution in [3.8, 4) is 0 Å².